The minimum absolute atomic E-state index is 0.203. The lowest BCUT2D eigenvalue weighted by Gasteiger charge is -2.11. The monoisotopic (exact) mass is 402 g/mol. The van der Waals surface area contributed by atoms with Gasteiger partial charge in [-0.2, -0.15) is 0 Å². The highest BCUT2D eigenvalue weighted by atomic mass is 79.9. The van der Waals surface area contributed by atoms with Crippen LogP contribution in [0, 0.1) is 0 Å². The van der Waals surface area contributed by atoms with E-state index in [2.05, 4.69) is 36.8 Å². The molecule has 1 N–H and O–H groups in total. The van der Waals surface area contributed by atoms with Crippen LogP contribution in [0.25, 0.3) is 0 Å². The molecule has 0 amide bonds. The average Bonchev–Trinajstić information content (AvgIpc) is 2.89. The Hall–Kier alpha value is -1.34. The number of carboxylic acids is 1. The molecule has 0 radical (unpaired) electrons. The molecular formula is C13H12Br2N2O3. The summed E-state index contributed by atoms with van der Waals surface area (Å²) in [5, 5.41) is 8.95. The van der Waals surface area contributed by atoms with Crippen LogP contribution in [-0.2, 0) is 6.54 Å². The zero-order valence-corrected chi connectivity index (χ0v) is 13.6. The van der Waals surface area contributed by atoms with Crippen LogP contribution in [0.4, 0.5) is 0 Å². The molecule has 1 aromatic carbocycles. The molecule has 106 valence electrons. The Morgan fingerprint density at radius 3 is 2.60 bits per heavy atom. The van der Waals surface area contributed by atoms with Crippen molar-refractivity contribution < 1.29 is 14.6 Å². The SMILES string of the molecule is O=C(O)c1cc(Br)c(OCCCn2ccnc2)c(Br)c1. The number of ether oxygens (including phenoxy) is 1. The molecule has 0 bridgehead atoms. The Labute approximate surface area is 132 Å². The smallest absolute Gasteiger partial charge is 0.335 e. The fraction of sp³-hybridized carbons (Fsp3) is 0.231. The number of aromatic carboxylic acids is 1. The van der Waals surface area contributed by atoms with Gasteiger partial charge >= 0.3 is 5.97 Å². The number of benzene rings is 1. The standard InChI is InChI=1S/C13H12Br2N2O3/c14-10-6-9(13(18)19)7-11(15)12(10)20-5-1-3-17-4-2-16-8-17/h2,4,6-8H,1,3,5H2,(H,18,19). The maximum Gasteiger partial charge on any atom is 0.335 e. The molecule has 7 heteroatoms. The van der Waals surface area contributed by atoms with Gasteiger partial charge in [0.1, 0.15) is 5.75 Å². The maximum absolute atomic E-state index is 10.9. The van der Waals surface area contributed by atoms with Gasteiger partial charge in [-0.1, -0.05) is 0 Å². The predicted molar refractivity (Wildman–Crippen MR) is 81.1 cm³/mol. The third-order valence-corrected chi connectivity index (χ3v) is 3.79. The molecule has 0 saturated carbocycles. The topological polar surface area (TPSA) is 64.3 Å². The minimum Gasteiger partial charge on any atom is -0.491 e. The van der Waals surface area contributed by atoms with Gasteiger partial charge in [-0.25, -0.2) is 9.78 Å². The second-order valence-corrected chi connectivity index (χ2v) is 5.79. The summed E-state index contributed by atoms with van der Waals surface area (Å²) in [5.74, 6) is -0.362. The van der Waals surface area contributed by atoms with Gasteiger partial charge in [0.2, 0.25) is 0 Å². The number of nitrogens with zero attached hydrogens (tertiary/aromatic N) is 2. The first kappa shape index (κ1) is 15.1. The van der Waals surface area contributed by atoms with Crippen molar-refractivity contribution in [1.82, 2.24) is 9.55 Å². The van der Waals surface area contributed by atoms with Crippen LogP contribution in [0.5, 0.6) is 5.75 Å². The molecule has 2 rings (SSSR count). The third kappa shape index (κ3) is 3.83. The molecule has 0 atom stereocenters. The summed E-state index contributed by atoms with van der Waals surface area (Å²) in [7, 11) is 0. The molecule has 2 aromatic rings. The normalized spacial score (nSPS) is 10.5. The van der Waals surface area contributed by atoms with Crippen LogP contribution < -0.4 is 4.74 Å². The second-order valence-electron chi connectivity index (χ2n) is 4.08. The lowest BCUT2D eigenvalue weighted by Crippen LogP contribution is -2.05. The van der Waals surface area contributed by atoms with Gasteiger partial charge in [0.05, 0.1) is 27.4 Å². The van der Waals surface area contributed by atoms with Crippen molar-refractivity contribution in [2.75, 3.05) is 6.61 Å². The van der Waals surface area contributed by atoms with Crippen LogP contribution in [0.2, 0.25) is 0 Å². The van der Waals surface area contributed by atoms with Gasteiger partial charge in [0.15, 0.2) is 0 Å². The highest BCUT2D eigenvalue weighted by Gasteiger charge is 2.12. The molecule has 0 aliphatic carbocycles. The molecule has 0 fully saturated rings. The van der Waals surface area contributed by atoms with Gasteiger partial charge in [-0.3, -0.25) is 0 Å². The number of imidazole rings is 1. The number of carbonyl (C=O) groups is 1. The number of carboxylic acid groups (broad SMARTS) is 1. The van der Waals surface area contributed by atoms with E-state index in [-0.39, 0.29) is 5.56 Å². The predicted octanol–water partition coefficient (Wildman–Crippen LogP) is 3.58. The number of hydrogen-bond donors (Lipinski definition) is 1. The number of halogens is 2. The summed E-state index contributed by atoms with van der Waals surface area (Å²) in [6.45, 7) is 1.35. The van der Waals surface area contributed by atoms with E-state index in [1.807, 2.05) is 10.8 Å². The number of aryl methyl sites for hydroxylation is 1. The van der Waals surface area contributed by atoms with Gasteiger partial charge in [-0.15, -0.1) is 0 Å². The van der Waals surface area contributed by atoms with Crippen LogP contribution in [-0.4, -0.2) is 27.2 Å². The van der Waals surface area contributed by atoms with Gasteiger partial charge < -0.3 is 14.4 Å². The largest absolute Gasteiger partial charge is 0.491 e. The van der Waals surface area contributed by atoms with Crippen molar-refractivity contribution in [3.8, 4) is 5.75 Å². The molecule has 5 nitrogen and oxygen atoms in total. The quantitative estimate of drug-likeness (QED) is 0.748. The van der Waals surface area contributed by atoms with Crippen molar-refractivity contribution in [1.29, 1.82) is 0 Å². The molecule has 0 aliphatic rings. The second kappa shape index (κ2) is 6.90. The van der Waals surface area contributed by atoms with Crippen LogP contribution >= 0.6 is 31.9 Å². The first-order chi connectivity index (χ1) is 9.58. The number of aromatic nitrogens is 2. The Morgan fingerprint density at radius 2 is 2.05 bits per heavy atom. The summed E-state index contributed by atoms with van der Waals surface area (Å²) in [4.78, 5) is 14.9. The Kier molecular flexibility index (Phi) is 5.19. The molecule has 0 spiro atoms. The van der Waals surface area contributed by atoms with Crippen molar-refractivity contribution in [2.24, 2.45) is 0 Å². The fourth-order valence-electron chi connectivity index (χ4n) is 1.66. The van der Waals surface area contributed by atoms with E-state index in [0.717, 1.165) is 13.0 Å². The summed E-state index contributed by atoms with van der Waals surface area (Å²) in [6.07, 6.45) is 6.22. The Balaban J connectivity index is 1.94. The maximum atomic E-state index is 10.9. The third-order valence-electron chi connectivity index (χ3n) is 2.61. The van der Waals surface area contributed by atoms with Gasteiger partial charge in [0, 0.05) is 18.9 Å². The minimum atomic E-state index is -0.974. The first-order valence-electron chi connectivity index (χ1n) is 5.89. The van der Waals surface area contributed by atoms with E-state index in [9.17, 15) is 4.79 Å². The summed E-state index contributed by atoms with van der Waals surface area (Å²) < 4.78 is 8.89. The van der Waals surface area contributed by atoms with Crippen LogP contribution in [0.1, 0.15) is 16.8 Å². The van der Waals surface area contributed by atoms with E-state index in [0.29, 0.717) is 21.3 Å². The van der Waals surface area contributed by atoms with Gasteiger partial charge in [-0.05, 0) is 50.4 Å². The zero-order chi connectivity index (χ0) is 14.5. The zero-order valence-electron chi connectivity index (χ0n) is 10.4. The highest BCUT2D eigenvalue weighted by Crippen LogP contribution is 2.34. The van der Waals surface area contributed by atoms with Crippen molar-refractivity contribution in [2.45, 2.75) is 13.0 Å². The number of rotatable bonds is 6. The molecule has 0 aliphatic heterocycles. The lowest BCUT2D eigenvalue weighted by atomic mass is 10.2. The van der Waals surface area contributed by atoms with Crippen molar-refractivity contribution in [3.05, 3.63) is 45.4 Å². The lowest BCUT2D eigenvalue weighted by molar-refractivity contribution is 0.0696. The fourth-order valence-corrected chi connectivity index (χ4v) is 3.08. The summed E-state index contributed by atoms with van der Waals surface area (Å²) in [6, 6.07) is 3.05. The average molecular weight is 404 g/mol. The van der Waals surface area contributed by atoms with Crippen molar-refractivity contribution >= 4 is 37.8 Å². The van der Waals surface area contributed by atoms with E-state index in [1.54, 1.807) is 12.5 Å². The van der Waals surface area contributed by atoms with E-state index in [1.165, 1.54) is 12.1 Å². The highest BCUT2D eigenvalue weighted by molar-refractivity contribution is 9.11. The van der Waals surface area contributed by atoms with Crippen molar-refractivity contribution in [3.63, 3.8) is 0 Å². The Morgan fingerprint density at radius 1 is 1.35 bits per heavy atom. The summed E-state index contributed by atoms with van der Waals surface area (Å²) >= 11 is 6.65. The molecule has 1 aromatic heterocycles. The summed E-state index contributed by atoms with van der Waals surface area (Å²) in [5.41, 5.74) is 0.203. The van der Waals surface area contributed by atoms with Gasteiger partial charge in [0.25, 0.3) is 0 Å². The molecule has 20 heavy (non-hydrogen) atoms. The molecule has 0 unspecified atom stereocenters. The molecule has 0 saturated heterocycles. The number of hydrogen-bond acceptors (Lipinski definition) is 3. The Bertz CT molecular complexity index is 577. The van der Waals surface area contributed by atoms with E-state index in [4.69, 9.17) is 9.84 Å². The molecular weight excluding hydrogens is 392 g/mol. The van der Waals surface area contributed by atoms with Crippen LogP contribution in [0.15, 0.2) is 39.8 Å². The van der Waals surface area contributed by atoms with Crippen LogP contribution in [0.3, 0.4) is 0 Å². The first-order valence-corrected chi connectivity index (χ1v) is 7.47. The van der Waals surface area contributed by atoms with E-state index >= 15 is 0 Å². The van der Waals surface area contributed by atoms with E-state index < -0.39 is 5.97 Å². The molecule has 1 heterocycles.